The second kappa shape index (κ2) is 51.7. The summed E-state index contributed by atoms with van der Waals surface area (Å²) in [5.41, 5.74) is 6.95. The Hall–Kier alpha value is -6.05. The van der Waals surface area contributed by atoms with E-state index in [-0.39, 0.29) is 77.5 Å². The molecule has 0 aliphatic heterocycles. The molecule has 16 heteroatoms. The number of carbonyl (C=O) groups is 2. The van der Waals surface area contributed by atoms with Crippen molar-refractivity contribution < 1.29 is 84.5 Å². The molecule has 14 nitrogen and oxygen atoms in total. The number of urea groups is 2. The fourth-order valence-corrected chi connectivity index (χ4v) is 5.75. The van der Waals surface area contributed by atoms with E-state index in [2.05, 4.69) is 55.3 Å². The van der Waals surface area contributed by atoms with Gasteiger partial charge in [0.2, 0.25) is 0 Å². The zero-order valence-corrected chi connectivity index (χ0v) is 55.1. The molecule has 0 aliphatic rings. The van der Waals surface area contributed by atoms with Crippen molar-refractivity contribution in [1.29, 1.82) is 0 Å². The minimum Gasteiger partial charge on any atom is -0.497 e. The molecule has 8 aromatic rings. The van der Waals surface area contributed by atoms with Gasteiger partial charge in [-0.05, 0) is 111 Å². The van der Waals surface area contributed by atoms with E-state index in [0.717, 1.165) is 51.8 Å². The molecule has 0 saturated carbocycles. The number of ether oxygens (including phenoxy) is 2. The summed E-state index contributed by atoms with van der Waals surface area (Å²) in [6, 6.07) is 44.5. The molecule has 4 heterocycles. The van der Waals surface area contributed by atoms with Crippen molar-refractivity contribution in [2.75, 3.05) is 35.5 Å². The molecule has 4 aromatic carbocycles. The summed E-state index contributed by atoms with van der Waals surface area (Å²) in [7, 11) is 3.20. The fraction of sp³-hybridized carbons (Fsp3) is 0.290. The fourth-order valence-electron chi connectivity index (χ4n) is 5.75. The normalized spacial score (nSPS) is 8.64. The number of aryl methyl sites for hydroxylation is 2. The van der Waals surface area contributed by atoms with Gasteiger partial charge in [-0.1, -0.05) is 131 Å². The Labute approximate surface area is 519 Å². The van der Waals surface area contributed by atoms with E-state index in [1.165, 1.54) is 0 Å². The van der Waals surface area contributed by atoms with Crippen LogP contribution in [0.15, 0.2) is 170 Å². The molecular formula is C62H88N10O4Y2-2. The molecular weight excluding hydrogens is 1130 g/mol. The Kier molecular flexibility index (Phi) is 52.0. The number of carbonyl (C=O) groups excluding carboxylic acids is 2. The van der Waals surface area contributed by atoms with Crippen molar-refractivity contribution in [3.8, 4) is 22.9 Å². The van der Waals surface area contributed by atoms with Gasteiger partial charge in [-0.25, -0.2) is 19.0 Å². The minimum atomic E-state index is -0.343. The van der Waals surface area contributed by atoms with Crippen LogP contribution >= 0.6 is 0 Å². The molecule has 0 unspecified atom stereocenters. The van der Waals surface area contributed by atoms with Crippen molar-refractivity contribution >= 4 is 35.1 Å². The number of anilines is 4. The van der Waals surface area contributed by atoms with Crippen molar-refractivity contribution in [3.63, 3.8) is 0 Å². The first-order valence-electron chi connectivity index (χ1n) is 26.2. The second-order valence-corrected chi connectivity index (χ2v) is 13.7. The zero-order valence-electron chi connectivity index (χ0n) is 49.5. The first-order chi connectivity index (χ1) is 37.2. The van der Waals surface area contributed by atoms with Crippen LogP contribution in [-0.4, -0.2) is 55.8 Å². The quantitative estimate of drug-likeness (QED) is 0.0984. The van der Waals surface area contributed by atoms with E-state index in [4.69, 9.17) is 9.47 Å². The largest absolute Gasteiger partial charge is 0.497 e. The Morgan fingerprint density at radius 2 is 0.795 bits per heavy atom. The van der Waals surface area contributed by atoms with Gasteiger partial charge in [0, 0.05) is 114 Å². The maximum absolute atomic E-state index is 12.3. The Bertz CT molecular complexity index is 2530. The number of rotatable bonds is 10. The van der Waals surface area contributed by atoms with Crippen LogP contribution in [0.5, 0.6) is 11.5 Å². The van der Waals surface area contributed by atoms with Crippen molar-refractivity contribution in [3.05, 3.63) is 207 Å². The molecule has 4 N–H and O–H groups in total. The molecule has 0 bridgehead atoms. The van der Waals surface area contributed by atoms with E-state index < -0.39 is 0 Å². The van der Waals surface area contributed by atoms with Gasteiger partial charge in [0.05, 0.1) is 37.0 Å². The van der Waals surface area contributed by atoms with E-state index in [1.54, 1.807) is 96.9 Å². The summed E-state index contributed by atoms with van der Waals surface area (Å²) in [5.74, 6) is 2.65. The maximum atomic E-state index is 12.3. The smallest absolute Gasteiger partial charge is 0.324 e. The molecule has 418 valence electrons. The molecule has 2 radical (unpaired) electrons. The van der Waals surface area contributed by atoms with Gasteiger partial charge in [0.15, 0.2) is 0 Å². The number of amides is 4. The van der Waals surface area contributed by atoms with E-state index >= 15 is 0 Å². The number of nitrogens with one attached hydrogen (secondary N) is 4. The zero-order chi connectivity index (χ0) is 57.5. The molecule has 0 spiro atoms. The number of benzene rings is 4. The van der Waals surface area contributed by atoms with E-state index in [0.29, 0.717) is 29.4 Å². The average Bonchev–Trinajstić information content (AvgIpc) is 4.07. The van der Waals surface area contributed by atoms with Gasteiger partial charge in [0.25, 0.3) is 0 Å². The van der Waals surface area contributed by atoms with Gasteiger partial charge in [-0.15, -0.1) is 0 Å². The van der Waals surface area contributed by atoms with E-state index in [9.17, 15) is 9.59 Å². The second-order valence-electron chi connectivity index (χ2n) is 13.7. The minimum absolute atomic E-state index is 0. The van der Waals surface area contributed by atoms with Crippen LogP contribution < -0.4 is 30.7 Å². The number of methoxy groups -OCH3 is 2. The summed E-state index contributed by atoms with van der Waals surface area (Å²) >= 11 is 0. The van der Waals surface area contributed by atoms with Gasteiger partial charge >= 0.3 is 12.1 Å². The predicted octanol–water partition coefficient (Wildman–Crippen LogP) is 16.7. The van der Waals surface area contributed by atoms with Gasteiger partial charge in [0.1, 0.15) is 23.1 Å². The number of pyridine rings is 2. The van der Waals surface area contributed by atoms with Crippen molar-refractivity contribution in [2.24, 2.45) is 0 Å². The first-order valence-corrected chi connectivity index (χ1v) is 26.2. The molecule has 0 fully saturated rings. The Morgan fingerprint density at radius 1 is 0.436 bits per heavy atom. The van der Waals surface area contributed by atoms with Crippen LogP contribution in [0.25, 0.3) is 11.4 Å². The van der Waals surface area contributed by atoms with Gasteiger partial charge in [-0.3, -0.25) is 20.6 Å². The van der Waals surface area contributed by atoms with Crippen LogP contribution in [0.4, 0.5) is 32.6 Å². The summed E-state index contributed by atoms with van der Waals surface area (Å²) in [6.07, 6.45) is 8.42. The Morgan fingerprint density at radius 3 is 1.10 bits per heavy atom. The SMILES string of the molecule is CC.CC.CC.CC.CC.CC.[CH2-]Cc1ccc(-n2nc(C)cc2NC(=O)Nc2ccc(OC)cc2)cc1.[CH2-]Cc1cccc(-n2nc(C)cc2NC(=O)Nc2ccc(OC)cc2)c1.[Y].[Y].c1ccncc1.c1ccncc1. The van der Waals surface area contributed by atoms with Crippen LogP contribution in [0.1, 0.15) is 106 Å². The summed E-state index contributed by atoms with van der Waals surface area (Å²) in [4.78, 5) is 32.2. The monoisotopic (exact) mass is 1210 g/mol. The summed E-state index contributed by atoms with van der Waals surface area (Å²) < 4.78 is 13.6. The number of hydrogen-bond acceptors (Lipinski definition) is 8. The standard InChI is InChI=1S/2C20H21N4O2.2C5H5N.6C2H6.2Y/c1-4-15-5-9-17(10-6-15)24-19(13-14(2)23-24)22-20(25)21-16-7-11-18(26-3)12-8-16;1-4-15-6-5-7-17(13-15)24-19(12-14(2)23-24)22-20(25)21-16-8-10-18(26-3)11-9-16;2*1-2-4-6-5-3-1;6*1-2;;/h2*5-13H,1,4H2,2-3H3,(H2,21,22,25);2*1-5H;6*1-2H3;;/q2*-1;;;;;;;;;;. The molecule has 0 saturated heterocycles. The van der Waals surface area contributed by atoms with Crippen LogP contribution in [0, 0.1) is 27.7 Å². The maximum Gasteiger partial charge on any atom is 0.324 e. The van der Waals surface area contributed by atoms with Crippen LogP contribution in [0.2, 0.25) is 0 Å². The number of nitrogens with zero attached hydrogens (tertiary/aromatic N) is 6. The van der Waals surface area contributed by atoms with Gasteiger partial charge in [-0.2, -0.15) is 23.0 Å². The third-order valence-electron chi connectivity index (χ3n) is 8.89. The predicted molar refractivity (Wildman–Crippen MR) is 323 cm³/mol. The Balaban J connectivity index is -0.000000489. The summed E-state index contributed by atoms with van der Waals surface area (Å²) in [6.45, 7) is 35.5. The average molecular weight is 1220 g/mol. The number of aromatic nitrogens is 6. The third kappa shape index (κ3) is 32.0. The van der Waals surface area contributed by atoms with Crippen molar-refractivity contribution in [2.45, 2.75) is 110 Å². The summed E-state index contributed by atoms with van der Waals surface area (Å²) in [5, 5.41) is 20.2. The first kappa shape index (κ1) is 78.4. The van der Waals surface area contributed by atoms with Crippen LogP contribution in [-0.2, 0) is 78.3 Å². The molecule has 78 heavy (non-hydrogen) atoms. The third-order valence-corrected chi connectivity index (χ3v) is 8.89. The van der Waals surface area contributed by atoms with Crippen molar-refractivity contribution in [1.82, 2.24) is 29.5 Å². The number of hydrogen-bond donors (Lipinski definition) is 4. The van der Waals surface area contributed by atoms with Gasteiger partial charge < -0.3 is 34.0 Å². The van der Waals surface area contributed by atoms with Crippen LogP contribution in [0.3, 0.4) is 0 Å². The topological polar surface area (TPSA) is 162 Å². The molecule has 4 amide bonds. The molecule has 8 rings (SSSR count). The molecule has 4 aromatic heterocycles. The molecule has 0 atom stereocenters. The van der Waals surface area contributed by atoms with E-state index in [1.807, 2.05) is 194 Å². The molecule has 0 aliphatic carbocycles.